The molecule has 35 heavy (non-hydrogen) atoms. The van der Waals surface area contributed by atoms with Crippen LogP contribution in [-0.2, 0) is 12.6 Å². The predicted octanol–water partition coefficient (Wildman–Crippen LogP) is 5.27. The second-order valence-corrected chi connectivity index (χ2v) is 9.41. The largest absolute Gasteiger partial charge is 0.378 e. The van der Waals surface area contributed by atoms with Crippen molar-refractivity contribution in [1.82, 2.24) is 14.5 Å². The van der Waals surface area contributed by atoms with Gasteiger partial charge in [-0.3, -0.25) is 4.79 Å². The van der Waals surface area contributed by atoms with Crippen LogP contribution in [0.5, 0.6) is 0 Å². The fraction of sp³-hybridized carbons (Fsp3) is 0.200. The number of nitrogens with zero attached hydrogens (tertiary/aromatic N) is 3. The van der Waals surface area contributed by atoms with E-state index in [-0.39, 0.29) is 5.91 Å². The highest BCUT2D eigenvalue weighted by atomic mass is 16.3. The van der Waals surface area contributed by atoms with Gasteiger partial charge in [-0.15, -0.1) is 0 Å². The van der Waals surface area contributed by atoms with E-state index in [1.807, 2.05) is 48.3 Å². The van der Waals surface area contributed by atoms with Gasteiger partial charge in [0.15, 0.2) is 5.82 Å². The topological polar surface area (TPSA) is 58.4 Å². The zero-order valence-corrected chi connectivity index (χ0v) is 19.6. The Labute approximate surface area is 204 Å². The third-order valence-electron chi connectivity index (χ3n) is 7.39. The van der Waals surface area contributed by atoms with Crippen LogP contribution in [-0.4, -0.2) is 38.1 Å². The number of likely N-dealkylation sites (tertiary alicyclic amines) is 1. The van der Waals surface area contributed by atoms with Crippen LogP contribution in [0.4, 0.5) is 0 Å². The lowest BCUT2D eigenvalue weighted by atomic mass is 9.77. The number of aliphatic hydroxyl groups is 1. The Morgan fingerprint density at radius 2 is 1.46 bits per heavy atom. The maximum Gasteiger partial charge on any atom is 0.290 e. The van der Waals surface area contributed by atoms with Gasteiger partial charge in [-0.25, -0.2) is 4.98 Å². The van der Waals surface area contributed by atoms with Crippen LogP contribution >= 0.6 is 0 Å². The first-order valence-corrected chi connectivity index (χ1v) is 12.0. The van der Waals surface area contributed by atoms with Gasteiger partial charge in [-0.1, -0.05) is 72.8 Å². The molecule has 0 saturated carbocycles. The molecule has 1 saturated heterocycles. The minimum absolute atomic E-state index is 0.153. The number of rotatable bonds is 4. The van der Waals surface area contributed by atoms with E-state index in [0.29, 0.717) is 18.8 Å². The molecule has 1 amide bonds. The Kier molecular flexibility index (Phi) is 5.15. The third-order valence-corrected chi connectivity index (χ3v) is 7.39. The number of carbonyl (C=O) groups excluding carboxylic acids is 1. The molecule has 0 radical (unpaired) electrons. The van der Waals surface area contributed by atoms with Crippen LogP contribution in [0.2, 0.25) is 0 Å². The van der Waals surface area contributed by atoms with E-state index in [1.165, 1.54) is 0 Å². The van der Waals surface area contributed by atoms with Crippen molar-refractivity contribution < 1.29 is 9.90 Å². The summed E-state index contributed by atoms with van der Waals surface area (Å²) in [4.78, 5) is 19.7. The number of carbonyl (C=O) groups is 1. The molecule has 1 aliphatic rings. The highest BCUT2D eigenvalue weighted by molar-refractivity contribution is 5.91. The van der Waals surface area contributed by atoms with Gasteiger partial charge in [0.1, 0.15) is 5.60 Å². The molecule has 5 heteroatoms. The Morgan fingerprint density at radius 3 is 2.00 bits per heavy atom. The Balaban J connectivity index is 1.54. The van der Waals surface area contributed by atoms with E-state index >= 15 is 0 Å². The highest BCUT2D eigenvalue weighted by Gasteiger charge is 2.48. The first-order chi connectivity index (χ1) is 17.1. The van der Waals surface area contributed by atoms with Gasteiger partial charge in [-0.2, -0.15) is 0 Å². The number of fused-ring (bicyclic) bond motifs is 2. The normalized spacial score (nSPS) is 16.3. The number of aryl methyl sites for hydroxylation is 1. The molecule has 1 atom stereocenters. The maximum absolute atomic E-state index is 13.6. The molecule has 1 aromatic heterocycles. The van der Waals surface area contributed by atoms with Crippen molar-refractivity contribution in [2.45, 2.75) is 24.5 Å². The van der Waals surface area contributed by atoms with E-state index in [4.69, 9.17) is 0 Å². The van der Waals surface area contributed by atoms with Crippen molar-refractivity contribution in [3.63, 3.8) is 0 Å². The molecule has 5 aromatic rings. The Hall–Kier alpha value is -3.96. The van der Waals surface area contributed by atoms with Gasteiger partial charge in [0.25, 0.3) is 5.91 Å². The Bertz CT molecular complexity index is 1470. The minimum atomic E-state index is -1.38. The van der Waals surface area contributed by atoms with Gasteiger partial charge >= 0.3 is 0 Å². The molecule has 0 spiro atoms. The molecule has 174 valence electrons. The standard InChI is InChI=1S/C30H27N3O2/c1-32-18-16-31-28(32)29(34)33-17-6-11-27(33)30(35,25-14-12-21-7-2-4-9-23(21)19-25)26-15-13-22-8-3-5-10-24(22)20-26/h2-5,7-10,12-16,18-20,27,35H,6,11,17H2,1H3/t27-/m0/s1. The Morgan fingerprint density at radius 1 is 0.886 bits per heavy atom. The summed E-state index contributed by atoms with van der Waals surface area (Å²) in [6.07, 6.45) is 4.94. The molecule has 1 aliphatic heterocycles. The summed E-state index contributed by atoms with van der Waals surface area (Å²) in [6, 6.07) is 28.1. The summed E-state index contributed by atoms with van der Waals surface area (Å²) in [5, 5.41) is 17.1. The average Bonchev–Trinajstić information content (AvgIpc) is 3.57. The minimum Gasteiger partial charge on any atom is -0.378 e. The molecule has 6 rings (SSSR count). The number of aromatic nitrogens is 2. The zero-order chi connectivity index (χ0) is 24.0. The van der Waals surface area contributed by atoms with Gasteiger partial charge in [0, 0.05) is 26.0 Å². The number of imidazole rings is 1. The van der Waals surface area contributed by atoms with E-state index in [1.54, 1.807) is 17.0 Å². The third kappa shape index (κ3) is 3.51. The molecular weight excluding hydrogens is 434 g/mol. The fourth-order valence-electron chi connectivity index (χ4n) is 5.55. The molecule has 0 aliphatic carbocycles. The molecule has 0 bridgehead atoms. The quantitative estimate of drug-likeness (QED) is 0.397. The summed E-state index contributed by atoms with van der Waals surface area (Å²) < 4.78 is 1.74. The number of benzene rings is 4. The monoisotopic (exact) mass is 461 g/mol. The average molecular weight is 462 g/mol. The second-order valence-electron chi connectivity index (χ2n) is 9.41. The molecule has 2 heterocycles. The van der Waals surface area contributed by atoms with E-state index in [9.17, 15) is 9.90 Å². The highest BCUT2D eigenvalue weighted by Crippen LogP contribution is 2.42. The van der Waals surface area contributed by atoms with E-state index in [2.05, 4.69) is 53.5 Å². The summed E-state index contributed by atoms with van der Waals surface area (Å²) in [6.45, 7) is 0.583. The SMILES string of the molecule is Cn1ccnc1C(=O)N1CCC[C@H]1C(O)(c1ccc2ccccc2c1)c1ccc2ccccc2c1. The number of hydrogen-bond donors (Lipinski definition) is 1. The van der Waals surface area contributed by atoms with Gasteiger partial charge in [0.05, 0.1) is 6.04 Å². The van der Waals surface area contributed by atoms with Crippen molar-refractivity contribution in [2.24, 2.45) is 7.05 Å². The van der Waals surface area contributed by atoms with Crippen molar-refractivity contribution in [1.29, 1.82) is 0 Å². The lowest BCUT2D eigenvalue weighted by Gasteiger charge is -2.40. The number of hydrogen-bond acceptors (Lipinski definition) is 3. The van der Waals surface area contributed by atoms with Crippen LogP contribution in [0.15, 0.2) is 97.3 Å². The van der Waals surface area contributed by atoms with Crippen molar-refractivity contribution in [3.05, 3.63) is 114 Å². The molecule has 1 fully saturated rings. The summed E-state index contributed by atoms with van der Waals surface area (Å²) in [5.41, 5.74) is 0.192. The predicted molar refractivity (Wildman–Crippen MR) is 138 cm³/mol. The number of amides is 1. The smallest absolute Gasteiger partial charge is 0.290 e. The fourth-order valence-corrected chi connectivity index (χ4v) is 5.55. The maximum atomic E-state index is 13.6. The van der Waals surface area contributed by atoms with Crippen LogP contribution in [0.1, 0.15) is 34.6 Å². The van der Waals surface area contributed by atoms with E-state index in [0.717, 1.165) is 39.1 Å². The van der Waals surface area contributed by atoms with Crippen LogP contribution in [0.25, 0.3) is 21.5 Å². The van der Waals surface area contributed by atoms with Crippen molar-refractivity contribution in [2.75, 3.05) is 6.54 Å². The molecule has 4 aromatic carbocycles. The van der Waals surface area contributed by atoms with E-state index < -0.39 is 11.6 Å². The second kappa shape index (κ2) is 8.36. The van der Waals surface area contributed by atoms with Crippen molar-refractivity contribution in [3.8, 4) is 0 Å². The van der Waals surface area contributed by atoms with Crippen molar-refractivity contribution >= 4 is 27.5 Å². The van der Waals surface area contributed by atoms with Gasteiger partial charge in [0.2, 0.25) is 0 Å². The first kappa shape index (κ1) is 21.6. The summed E-state index contributed by atoms with van der Waals surface area (Å²) in [7, 11) is 1.82. The van der Waals surface area contributed by atoms with Crippen LogP contribution < -0.4 is 0 Å². The molecular formula is C30H27N3O2. The lowest BCUT2D eigenvalue weighted by Crippen LogP contribution is -2.51. The first-order valence-electron chi connectivity index (χ1n) is 12.0. The van der Waals surface area contributed by atoms with Gasteiger partial charge in [-0.05, 0) is 57.6 Å². The summed E-state index contributed by atoms with van der Waals surface area (Å²) in [5.74, 6) is 0.233. The summed E-state index contributed by atoms with van der Waals surface area (Å²) >= 11 is 0. The lowest BCUT2D eigenvalue weighted by molar-refractivity contribution is -0.00113. The molecule has 5 nitrogen and oxygen atoms in total. The van der Waals surface area contributed by atoms with Gasteiger partial charge < -0.3 is 14.6 Å². The van der Waals surface area contributed by atoms with Crippen LogP contribution in [0, 0.1) is 0 Å². The zero-order valence-electron chi connectivity index (χ0n) is 19.6. The molecule has 1 N–H and O–H groups in total. The van der Waals surface area contributed by atoms with Crippen LogP contribution in [0.3, 0.4) is 0 Å². The molecule has 0 unspecified atom stereocenters.